The number of allylic oxidation sites excluding steroid dienone is 8. The molecule has 0 radical (unpaired) electrons. The van der Waals surface area contributed by atoms with Crippen molar-refractivity contribution in [1.29, 1.82) is 0 Å². The van der Waals surface area contributed by atoms with E-state index in [2.05, 4.69) is 92.8 Å². The molecule has 0 saturated heterocycles. The van der Waals surface area contributed by atoms with Crippen LogP contribution >= 0.6 is 0 Å². The molecule has 2 heterocycles. The fraction of sp³-hybridized carbons (Fsp3) is 0.533. The maximum absolute atomic E-state index is 3.99. The van der Waals surface area contributed by atoms with Gasteiger partial charge in [-0.05, 0) is 69.4 Å². The van der Waals surface area contributed by atoms with Crippen molar-refractivity contribution in [1.82, 2.24) is 9.80 Å². The van der Waals surface area contributed by atoms with E-state index in [-0.39, 0.29) is 0 Å². The molecule has 0 spiro atoms. The fourth-order valence-corrected chi connectivity index (χ4v) is 5.12. The van der Waals surface area contributed by atoms with Gasteiger partial charge in [-0.25, -0.2) is 0 Å². The van der Waals surface area contributed by atoms with E-state index in [1.807, 2.05) is 6.92 Å². The van der Waals surface area contributed by atoms with Gasteiger partial charge in [0.25, 0.3) is 0 Å². The van der Waals surface area contributed by atoms with Gasteiger partial charge in [0.2, 0.25) is 0 Å². The van der Waals surface area contributed by atoms with Crippen molar-refractivity contribution in [2.24, 2.45) is 5.92 Å². The van der Waals surface area contributed by atoms with Gasteiger partial charge < -0.3 is 4.90 Å². The lowest BCUT2D eigenvalue weighted by Gasteiger charge is -2.30. The Kier molecular flexibility index (Phi) is 8.99. The number of rotatable bonds is 9. The molecule has 0 fully saturated rings. The average Bonchev–Trinajstić information content (AvgIpc) is 3.37. The fourth-order valence-electron chi connectivity index (χ4n) is 5.12. The third-order valence-corrected chi connectivity index (χ3v) is 7.35. The largest absolute Gasteiger partial charge is 0.373 e. The van der Waals surface area contributed by atoms with Crippen LogP contribution in [0.4, 0.5) is 0 Å². The molecule has 174 valence electrons. The molecule has 0 N–H and O–H groups in total. The summed E-state index contributed by atoms with van der Waals surface area (Å²) in [6, 6.07) is 1.25. The number of nitrogens with zero attached hydrogens (tertiary/aromatic N) is 2. The zero-order chi connectivity index (χ0) is 23.1. The SMILES string of the molecule is C=C(C)/C=C/C=C(\C=C(/C)CC)C1C=CC2=C(CC1)CN(C1C=CN(C(CC)CC)C1)C2. The van der Waals surface area contributed by atoms with Gasteiger partial charge in [0.05, 0.1) is 0 Å². The molecule has 3 rings (SSSR count). The minimum absolute atomic E-state index is 0.488. The highest BCUT2D eigenvalue weighted by Crippen LogP contribution is 2.34. The van der Waals surface area contributed by atoms with E-state index in [0.29, 0.717) is 18.0 Å². The summed E-state index contributed by atoms with van der Waals surface area (Å²) in [5.41, 5.74) is 7.19. The Labute approximate surface area is 197 Å². The first-order valence-electron chi connectivity index (χ1n) is 12.7. The van der Waals surface area contributed by atoms with Crippen molar-refractivity contribution < 1.29 is 0 Å². The lowest BCUT2D eigenvalue weighted by atomic mass is 9.91. The van der Waals surface area contributed by atoms with Crippen LogP contribution in [0.2, 0.25) is 0 Å². The average molecular weight is 433 g/mol. The van der Waals surface area contributed by atoms with E-state index >= 15 is 0 Å². The summed E-state index contributed by atoms with van der Waals surface area (Å²) in [4.78, 5) is 5.25. The smallest absolute Gasteiger partial charge is 0.0477 e. The Bertz CT molecular complexity index is 844. The Hall–Kier alpha value is -2.06. The van der Waals surface area contributed by atoms with Gasteiger partial charge in [0.1, 0.15) is 0 Å². The summed E-state index contributed by atoms with van der Waals surface area (Å²) in [6.07, 6.45) is 24.6. The monoisotopic (exact) mass is 432 g/mol. The van der Waals surface area contributed by atoms with Crippen molar-refractivity contribution >= 4 is 0 Å². The van der Waals surface area contributed by atoms with Crippen LogP contribution in [0.3, 0.4) is 0 Å². The van der Waals surface area contributed by atoms with Crippen molar-refractivity contribution in [3.05, 3.63) is 83.2 Å². The molecule has 1 aliphatic carbocycles. The molecular formula is C30H44N2. The number of hydrogen-bond donors (Lipinski definition) is 0. The second-order valence-corrected chi connectivity index (χ2v) is 9.83. The van der Waals surface area contributed by atoms with Crippen LogP contribution in [0.5, 0.6) is 0 Å². The van der Waals surface area contributed by atoms with E-state index in [1.54, 1.807) is 11.1 Å². The molecule has 2 atom stereocenters. The summed E-state index contributed by atoms with van der Waals surface area (Å²) >= 11 is 0. The minimum atomic E-state index is 0.488. The van der Waals surface area contributed by atoms with Crippen LogP contribution in [0.1, 0.15) is 66.7 Å². The first-order chi connectivity index (χ1) is 15.4. The molecule has 0 aromatic heterocycles. The highest BCUT2D eigenvalue weighted by molar-refractivity contribution is 5.40. The second-order valence-electron chi connectivity index (χ2n) is 9.83. The third-order valence-electron chi connectivity index (χ3n) is 7.35. The van der Waals surface area contributed by atoms with E-state index in [4.69, 9.17) is 0 Å². The van der Waals surface area contributed by atoms with Gasteiger partial charge in [0.15, 0.2) is 0 Å². The van der Waals surface area contributed by atoms with Gasteiger partial charge >= 0.3 is 0 Å². The standard InChI is InChI=1S/C30H44N2/c1-7-24(6)19-26(12-10-11-23(4)5)25-13-15-27-20-32(21-28(27)16-14-25)30-17-18-31(22-30)29(8-2)9-3/h10-13,15,17-19,25,29-30H,4,7-9,14,16,20-22H2,1-3,5-6H3/b11-10+,24-19+,26-12+. The topological polar surface area (TPSA) is 6.48 Å². The number of hydrogen-bond acceptors (Lipinski definition) is 2. The summed E-state index contributed by atoms with van der Waals surface area (Å²) in [6.45, 7) is 18.5. The lowest BCUT2D eigenvalue weighted by molar-refractivity contribution is 0.211. The highest BCUT2D eigenvalue weighted by Gasteiger charge is 2.31. The Morgan fingerprint density at radius 2 is 1.94 bits per heavy atom. The molecule has 3 aliphatic rings. The molecule has 0 aromatic carbocycles. The molecule has 0 saturated carbocycles. The van der Waals surface area contributed by atoms with Gasteiger partial charge in [-0.2, -0.15) is 0 Å². The second kappa shape index (κ2) is 11.7. The normalized spacial score (nSPS) is 24.9. The van der Waals surface area contributed by atoms with Crippen molar-refractivity contribution in [3.63, 3.8) is 0 Å². The van der Waals surface area contributed by atoms with Gasteiger partial charge in [-0.3, -0.25) is 4.90 Å². The zero-order valence-electron chi connectivity index (χ0n) is 21.1. The molecule has 0 bridgehead atoms. The van der Waals surface area contributed by atoms with E-state index in [9.17, 15) is 0 Å². The summed E-state index contributed by atoms with van der Waals surface area (Å²) in [5, 5.41) is 0. The van der Waals surface area contributed by atoms with Crippen LogP contribution in [0, 0.1) is 5.92 Å². The van der Waals surface area contributed by atoms with Crippen LogP contribution < -0.4 is 0 Å². The van der Waals surface area contributed by atoms with Crippen molar-refractivity contribution in [2.75, 3.05) is 19.6 Å². The first-order valence-corrected chi connectivity index (χ1v) is 12.7. The van der Waals surface area contributed by atoms with Crippen molar-refractivity contribution in [3.8, 4) is 0 Å². The molecule has 32 heavy (non-hydrogen) atoms. The zero-order valence-corrected chi connectivity index (χ0v) is 21.1. The predicted molar refractivity (Wildman–Crippen MR) is 141 cm³/mol. The summed E-state index contributed by atoms with van der Waals surface area (Å²) < 4.78 is 0. The van der Waals surface area contributed by atoms with Crippen LogP contribution in [-0.4, -0.2) is 41.5 Å². The lowest BCUT2D eigenvalue weighted by Crippen LogP contribution is -2.39. The maximum atomic E-state index is 3.99. The minimum Gasteiger partial charge on any atom is -0.373 e. The van der Waals surface area contributed by atoms with Gasteiger partial charge in [-0.1, -0.05) is 80.5 Å². The van der Waals surface area contributed by atoms with Gasteiger partial charge in [-0.15, -0.1) is 0 Å². The van der Waals surface area contributed by atoms with E-state index in [1.165, 1.54) is 36.8 Å². The highest BCUT2D eigenvalue weighted by atomic mass is 15.3. The quantitative estimate of drug-likeness (QED) is 0.351. The van der Waals surface area contributed by atoms with Crippen LogP contribution in [-0.2, 0) is 0 Å². The summed E-state index contributed by atoms with van der Waals surface area (Å²) in [7, 11) is 0. The molecule has 0 aromatic rings. The third kappa shape index (κ3) is 6.25. The molecule has 2 unspecified atom stereocenters. The van der Waals surface area contributed by atoms with Crippen LogP contribution in [0.15, 0.2) is 83.2 Å². The first kappa shape index (κ1) is 24.6. The van der Waals surface area contributed by atoms with E-state index in [0.717, 1.165) is 31.6 Å². The van der Waals surface area contributed by atoms with Crippen molar-refractivity contribution in [2.45, 2.75) is 78.8 Å². The molecule has 0 amide bonds. The predicted octanol–water partition coefficient (Wildman–Crippen LogP) is 7.37. The molecule has 2 nitrogen and oxygen atoms in total. The Morgan fingerprint density at radius 3 is 2.62 bits per heavy atom. The Balaban J connectivity index is 1.66. The van der Waals surface area contributed by atoms with Gasteiger partial charge in [0, 0.05) is 37.6 Å². The molecular weight excluding hydrogens is 388 g/mol. The molecule has 2 heteroatoms. The van der Waals surface area contributed by atoms with Crippen LogP contribution in [0.25, 0.3) is 0 Å². The summed E-state index contributed by atoms with van der Waals surface area (Å²) in [5.74, 6) is 0.488. The molecule has 2 aliphatic heterocycles. The Morgan fingerprint density at radius 1 is 1.16 bits per heavy atom. The maximum Gasteiger partial charge on any atom is 0.0477 e. The van der Waals surface area contributed by atoms with E-state index < -0.39 is 0 Å².